The van der Waals surface area contributed by atoms with E-state index in [-0.39, 0.29) is 34.7 Å². The number of hydrogen-bond donors (Lipinski definition) is 4. The first kappa shape index (κ1) is 29.9. The van der Waals surface area contributed by atoms with E-state index in [0.29, 0.717) is 16.8 Å². The van der Waals surface area contributed by atoms with Gasteiger partial charge < -0.3 is 24.7 Å². The number of carboxylic acid groups (broad SMARTS) is 2. The number of thioether (sulfide) groups is 2. The van der Waals surface area contributed by atoms with E-state index in [1.807, 2.05) is 0 Å². The van der Waals surface area contributed by atoms with Gasteiger partial charge in [-0.15, -0.1) is 22.0 Å². The second kappa shape index (κ2) is 12.2. The molecule has 0 aliphatic carbocycles. The number of ether oxygens (including phenoxy) is 1. The zero-order valence-corrected chi connectivity index (χ0v) is 23.8. The second-order valence-electron chi connectivity index (χ2n) is 9.99. The van der Waals surface area contributed by atoms with E-state index in [9.17, 15) is 29.1 Å². The summed E-state index contributed by atoms with van der Waals surface area (Å²) in [6.07, 6.45) is -1.24. The van der Waals surface area contributed by atoms with Gasteiger partial charge >= 0.3 is 18.0 Å². The van der Waals surface area contributed by atoms with Gasteiger partial charge in [0.25, 0.3) is 11.1 Å². The summed E-state index contributed by atoms with van der Waals surface area (Å²) in [5.41, 5.74) is 0.467. The molecule has 4 N–H and O–H groups in total. The van der Waals surface area contributed by atoms with Crippen LogP contribution < -0.4 is 10.6 Å². The topological polar surface area (TPSA) is 201 Å². The molecule has 1 unspecified atom stereocenters. The first-order chi connectivity index (χ1) is 19.3. The maximum atomic E-state index is 13.0. The Balaban J connectivity index is 1.38. The third-order valence-electron chi connectivity index (χ3n) is 5.69. The van der Waals surface area contributed by atoms with Crippen LogP contribution in [0.25, 0.3) is 0 Å². The van der Waals surface area contributed by atoms with Crippen LogP contribution in [0.1, 0.15) is 32.2 Å². The molecule has 2 aliphatic heterocycles. The van der Waals surface area contributed by atoms with Gasteiger partial charge in [0.1, 0.15) is 29.1 Å². The number of anilines is 1. The number of amides is 3. The summed E-state index contributed by atoms with van der Waals surface area (Å²) >= 11 is 2.34. The summed E-state index contributed by atoms with van der Waals surface area (Å²) in [6.45, 7) is 5.19. The van der Waals surface area contributed by atoms with Gasteiger partial charge in [-0.3, -0.25) is 24.6 Å². The lowest BCUT2D eigenvalue weighted by Crippen LogP contribution is -2.70. The number of carbonyl (C=O) groups excluding carboxylic acids is 3. The molecular formula is C25H27N5O9S2. The minimum atomic E-state index is -1.29. The predicted molar refractivity (Wildman–Crippen MR) is 146 cm³/mol. The fourth-order valence-electron chi connectivity index (χ4n) is 4.05. The zero-order chi connectivity index (χ0) is 29.9. The number of carbonyl (C=O) groups is 5. The van der Waals surface area contributed by atoms with Crippen LogP contribution in [0, 0.1) is 0 Å². The molecule has 2 aromatic rings. The Hall–Kier alpha value is -4.05. The van der Waals surface area contributed by atoms with Gasteiger partial charge in [0.2, 0.25) is 11.8 Å². The number of nitrogens with zero attached hydrogens (tertiary/aromatic N) is 3. The quantitative estimate of drug-likeness (QED) is 0.227. The molecule has 4 rings (SSSR count). The molecule has 3 amide bonds. The molecule has 0 radical (unpaired) electrons. The highest BCUT2D eigenvalue weighted by Gasteiger charge is 2.54. The van der Waals surface area contributed by atoms with Crippen LogP contribution in [0.5, 0.6) is 0 Å². The van der Waals surface area contributed by atoms with Gasteiger partial charge in [-0.2, -0.15) is 0 Å². The Bertz CT molecular complexity index is 1420. The summed E-state index contributed by atoms with van der Waals surface area (Å²) < 4.78 is 10.5. The highest BCUT2D eigenvalue weighted by atomic mass is 32.2. The molecule has 1 aromatic heterocycles. The van der Waals surface area contributed by atoms with Crippen molar-refractivity contribution in [3.8, 4) is 0 Å². The Labute approximate surface area is 242 Å². The fraction of sp³-hybridized carbons (Fsp3) is 0.400. The molecule has 0 bridgehead atoms. The smallest absolute Gasteiger partial charge is 0.412 e. The predicted octanol–water partition coefficient (Wildman–Crippen LogP) is 2.12. The number of aromatic nitrogens is 2. The average Bonchev–Trinajstić information content (AvgIpc) is 3.31. The number of carboxylic acids is 2. The van der Waals surface area contributed by atoms with E-state index in [1.165, 1.54) is 11.8 Å². The lowest BCUT2D eigenvalue weighted by Gasteiger charge is -2.49. The lowest BCUT2D eigenvalue weighted by atomic mass is 10.0. The van der Waals surface area contributed by atoms with Crippen molar-refractivity contribution in [1.82, 2.24) is 20.4 Å². The van der Waals surface area contributed by atoms with Gasteiger partial charge in [0.05, 0.1) is 6.42 Å². The van der Waals surface area contributed by atoms with E-state index >= 15 is 0 Å². The molecule has 16 heteroatoms. The summed E-state index contributed by atoms with van der Waals surface area (Å²) in [5, 5.41) is 30.9. The standard InChI is InChI=1S/C25H27N5O9S2/c1-25(2,3)39-23(37)26-14-7-5-4-6-12(14)8-15(31)27-18-20(34)30-19(22(35)36)13(10-40-21(18)30)11-41-24-29-28-16(38-24)9-17(32)33/h4-7,18,21H,8-11H2,1-3H3,(H,26,37)(H,27,31)(H,32,33)(H,35,36)/t18?,21-/m1/s1. The van der Waals surface area contributed by atoms with Gasteiger partial charge in [-0.1, -0.05) is 30.0 Å². The fourth-order valence-corrected chi connectivity index (χ4v) is 6.31. The number of aliphatic carboxylic acids is 2. The number of fused-ring (bicyclic) bond motifs is 1. The lowest BCUT2D eigenvalue weighted by molar-refractivity contribution is -0.150. The number of nitrogens with one attached hydrogen (secondary N) is 2. The minimum absolute atomic E-state index is 0.0760. The summed E-state index contributed by atoms with van der Waals surface area (Å²) in [4.78, 5) is 62.1. The van der Waals surface area contributed by atoms with Crippen LogP contribution in [-0.2, 0) is 36.8 Å². The van der Waals surface area contributed by atoms with Crippen molar-refractivity contribution >= 4 is 59.1 Å². The van der Waals surface area contributed by atoms with E-state index in [4.69, 9.17) is 14.3 Å². The maximum Gasteiger partial charge on any atom is 0.412 e. The average molecular weight is 606 g/mol. The molecular weight excluding hydrogens is 578 g/mol. The summed E-state index contributed by atoms with van der Waals surface area (Å²) in [5.74, 6) is -3.13. The van der Waals surface area contributed by atoms with Crippen molar-refractivity contribution in [2.75, 3.05) is 16.8 Å². The molecule has 14 nitrogen and oxygen atoms in total. The Morgan fingerprint density at radius 2 is 1.90 bits per heavy atom. The second-order valence-corrected chi connectivity index (χ2v) is 12.0. The van der Waals surface area contributed by atoms with Crippen molar-refractivity contribution in [2.45, 2.75) is 55.9 Å². The molecule has 2 atom stereocenters. The highest BCUT2D eigenvalue weighted by molar-refractivity contribution is 8.01. The van der Waals surface area contributed by atoms with Crippen LogP contribution in [0.15, 0.2) is 45.2 Å². The third kappa shape index (κ3) is 7.38. The van der Waals surface area contributed by atoms with Crippen molar-refractivity contribution in [3.05, 3.63) is 47.0 Å². The van der Waals surface area contributed by atoms with Crippen LogP contribution in [0.3, 0.4) is 0 Å². The molecule has 3 heterocycles. The summed E-state index contributed by atoms with van der Waals surface area (Å²) in [7, 11) is 0. The Morgan fingerprint density at radius 3 is 2.59 bits per heavy atom. The van der Waals surface area contributed by atoms with Gasteiger partial charge in [0, 0.05) is 17.2 Å². The van der Waals surface area contributed by atoms with Crippen LogP contribution in [0.4, 0.5) is 10.5 Å². The number of benzene rings is 1. The number of rotatable bonds is 10. The van der Waals surface area contributed by atoms with Crippen molar-refractivity contribution in [1.29, 1.82) is 0 Å². The van der Waals surface area contributed by atoms with Crippen molar-refractivity contribution in [2.24, 2.45) is 0 Å². The van der Waals surface area contributed by atoms with Gasteiger partial charge in [-0.05, 0) is 38.0 Å². The molecule has 41 heavy (non-hydrogen) atoms. The molecule has 1 saturated heterocycles. The Kier molecular flexibility index (Phi) is 8.92. The largest absolute Gasteiger partial charge is 0.481 e. The number of para-hydroxylation sites is 1. The van der Waals surface area contributed by atoms with E-state index in [2.05, 4.69) is 20.8 Å². The molecule has 1 fully saturated rings. The number of hydrogen-bond acceptors (Lipinski definition) is 11. The van der Waals surface area contributed by atoms with E-state index in [1.54, 1.807) is 45.0 Å². The Morgan fingerprint density at radius 1 is 1.17 bits per heavy atom. The maximum absolute atomic E-state index is 13.0. The third-order valence-corrected chi connectivity index (χ3v) is 7.94. The van der Waals surface area contributed by atoms with Crippen LogP contribution >= 0.6 is 23.5 Å². The molecule has 0 saturated carbocycles. The van der Waals surface area contributed by atoms with E-state index < -0.39 is 53.3 Å². The normalized spacial score (nSPS) is 18.3. The van der Waals surface area contributed by atoms with Crippen molar-refractivity contribution in [3.63, 3.8) is 0 Å². The van der Waals surface area contributed by atoms with Crippen LogP contribution in [-0.4, -0.2) is 83.7 Å². The van der Waals surface area contributed by atoms with Crippen molar-refractivity contribution < 1.29 is 43.3 Å². The highest BCUT2D eigenvalue weighted by Crippen LogP contribution is 2.41. The molecule has 1 aromatic carbocycles. The SMILES string of the molecule is CC(C)(C)OC(=O)Nc1ccccc1CC(=O)NC1C(=O)N2C(C(=O)O)=C(CSc3nnc(CC(=O)O)o3)CS[C@H]12. The van der Waals surface area contributed by atoms with E-state index in [0.717, 1.165) is 16.7 Å². The molecule has 0 spiro atoms. The van der Waals surface area contributed by atoms with Gasteiger partial charge in [-0.25, -0.2) is 9.59 Å². The molecule has 2 aliphatic rings. The first-order valence-electron chi connectivity index (χ1n) is 12.3. The van der Waals surface area contributed by atoms with Gasteiger partial charge in [0.15, 0.2) is 0 Å². The first-order valence-corrected chi connectivity index (χ1v) is 14.3. The monoisotopic (exact) mass is 605 g/mol. The number of β-lactam (4-membered cyclic amide) rings is 1. The summed E-state index contributed by atoms with van der Waals surface area (Å²) in [6, 6.07) is 5.78. The zero-order valence-electron chi connectivity index (χ0n) is 22.2. The minimum Gasteiger partial charge on any atom is -0.481 e. The van der Waals surface area contributed by atoms with Crippen LogP contribution in [0.2, 0.25) is 0 Å². The molecule has 218 valence electrons.